The standard InChI is InChI=1S/C10H18N2O3/c1-2-9(14)5-12(6-9)8(13)10(11)3-4-15-7-10/h14H,2-7,11H2,1H3. The summed E-state index contributed by atoms with van der Waals surface area (Å²) < 4.78 is 5.14. The number of nitrogens with two attached hydrogens (primary N) is 1. The van der Waals surface area contributed by atoms with Gasteiger partial charge in [-0.25, -0.2) is 0 Å². The van der Waals surface area contributed by atoms with E-state index in [0.717, 1.165) is 0 Å². The number of aliphatic hydroxyl groups is 1. The van der Waals surface area contributed by atoms with Gasteiger partial charge in [-0.15, -0.1) is 0 Å². The lowest BCUT2D eigenvalue weighted by molar-refractivity contribution is -0.161. The van der Waals surface area contributed by atoms with E-state index in [9.17, 15) is 9.90 Å². The number of ether oxygens (including phenoxy) is 1. The van der Waals surface area contributed by atoms with Crippen LogP contribution in [0.1, 0.15) is 19.8 Å². The van der Waals surface area contributed by atoms with Crippen LogP contribution in [0.2, 0.25) is 0 Å². The predicted molar refractivity (Wildman–Crippen MR) is 54.2 cm³/mol. The molecule has 0 aromatic heterocycles. The Morgan fingerprint density at radius 2 is 2.27 bits per heavy atom. The van der Waals surface area contributed by atoms with Crippen molar-refractivity contribution < 1.29 is 14.6 Å². The molecule has 2 heterocycles. The fourth-order valence-corrected chi connectivity index (χ4v) is 2.10. The third-order valence-electron chi connectivity index (χ3n) is 3.39. The van der Waals surface area contributed by atoms with Gasteiger partial charge in [0.05, 0.1) is 25.3 Å². The van der Waals surface area contributed by atoms with Gasteiger partial charge in [0, 0.05) is 6.61 Å². The fraction of sp³-hybridized carbons (Fsp3) is 0.900. The molecule has 0 aromatic carbocycles. The molecule has 86 valence electrons. The number of hydrogen-bond donors (Lipinski definition) is 2. The SMILES string of the molecule is CCC1(O)CN(C(=O)C2(N)CCOC2)C1. The highest BCUT2D eigenvalue weighted by Crippen LogP contribution is 2.28. The van der Waals surface area contributed by atoms with Crippen LogP contribution >= 0.6 is 0 Å². The first-order valence-electron chi connectivity index (χ1n) is 5.37. The molecule has 0 aliphatic carbocycles. The monoisotopic (exact) mass is 214 g/mol. The van der Waals surface area contributed by atoms with Crippen LogP contribution in [-0.2, 0) is 9.53 Å². The Kier molecular flexibility index (Phi) is 2.48. The Hall–Kier alpha value is -0.650. The van der Waals surface area contributed by atoms with Crippen LogP contribution in [0.5, 0.6) is 0 Å². The number of hydrogen-bond acceptors (Lipinski definition) is 4. The number of likely N-dealkylation sites (tertiary alicyclic amines) is 1. The van der Waals surface area contributed by atoms with Crippen molar-refractivity contribution >= 4 is 5.91 Å². The molecule has 2 aliphatic rings. The zero-order valence-corrected chi connectivity index (χ0v) is 9.03. The van der Waals surface area contributed by atoms with E-state index in [-0.39, 0.29) is 5.91 Å². The third-order valence-corrected chi connectivity index (χ3v) is 3.39. The molecule has 3 N–H and O–H groups in total. The molecule has 5 heteroatoms. The van der Waals surface area contributed by atoms with Gasteiger partial charge in [-0.2, -0.15) is 0 Å². The molecule has 15 heavy (non-hydrogen) atoms. The minimum atomic E-state index is -0.852. The van der Waals surface area contributed by atoms with E-state index in [4.69, 9.17) is 10.5 Å². The van der Waals surface area contributed by atoms with Crippen molar-refractivity contribution in [3.8, 4) is 0 Å². The van der Waals surface area contributed by atoms with E-state index >= 15 is 0 Å². The van der Waals surface area contributed by atoms with Crippen molar-refractivity contribution in [2.75, 3.05) is 26.3 Å². The minimum Gasteiger partial charge on any atom is -0.386 e. The number of carbonyl (C=O) groups is 1. The topological polar surface area (TPSA) is 75.8 Å². The number of β-amino-alcohol motifs (C(OH)–C–C–N with tert-alkyl or cyclic N) is 1. The normalized spacial score (nSPS) is 33.9. The second-order valence-electron chi connectivity index (χ2n) is 4.70. The molecule has 2 saturated heterocycles. The first-order chi connectivity index (χ1) is 6.99. The van der Waals surface area contributed by atoms with Gasteiger partial charge in [-0.05, 0) is 12.8 Å². The minimum absolute atomic E-state index is 0.0851. The number of rotatable bonds is 2. The molecule has 5 nitrogen and oxygen atoms in total. The maximum atomic E-state index is 12.0. The predicted octanol–water partition coefficient (Wildman–Crippen LogP) is -0.912. The van der Waals surface area contributed by atoms with Gasteiger partial charge in [-0.1, -0.05) is 6.92 Å². The molecule has 1 unspecified atom stereocenters. The highest BCUT2D eigenvalue weighted by atomic mass is 16.5. The number of nitrogens with zero attached hydrogens (tertiary/aromatic N) is 1. The summed E-state index contributed by atoms with van der Waals surface area (Å²) in [5, 5.41) is 9.80. The Balaban J connectivity index is 1.94. The van der Waals surface area contributed by atoms with Crippen LogP contribution in [0.4, 0.5) is 0 Å². The molecule has 1 atom stereocenters. The van der Waals surface area contributed by atoms with Crippen LogP contribution in [0.3, 0.4) is 0 Å². The zero-order valence-electron chi connectivity index (χ0n) is 9.03. The lowest BCUT2D eigenvalue weighted by atomic mass is 9.88. The average molecular weight is 214 g/mol. The van der Waals surface area contributed by atoms with E-state index in [1.54, 1.807) is 4.90 Å². The number of carbonyl (C=O) groups excluding carboxylic acids is 1. The molecule has 0 radical (unpaired) electrons. The molecule has 1 amide bonds. The lowest BCUT2D eigenvalue weighted by Gasteiger charge is -2.48. The van der Waals surface area contributed by atoms with Crippen LogP contribution in [0, 0.1) is 0 Å². The summed E-state index contributed by atoms with van der Waals surface area (Å²) >= 11 is 0. The van der Waals surface area contributed by atoms with Gasteiger partial charge in [-0.3, -0.25) is 4.79 Å². The molecular formula is C10H18N2O3. The Morgan fingerprint density at radius 3 is 2.73 bits per heavy atom. The van der Waals surface area contributed by atoms with Gasteiger partial charge >= 0.3 is 0 Å². The summed E-state index contributed by atoms with van der Waals surface area (Å²) in [6, 6.07) is 0. The lowest BCUT2D eigenvalue weighted by Crippen LogP contribution is -2.68. The van der Waals surface area contributed by atoms with E-state index in [0.29, 0.717) is 39.1 Å². The summed E-state index contributed by atoms with van der Waals surface area (Å²) in [5.41, 5.74) is 4.40. The van der Waals surface area contributed by atoms with Crippen molar-refractivity contribution in [3.63, 3.8) is 0 Å². The van der Waals surface area contributed by atoms with Crippen molar-refractivity contribution in [1.29, 1.82) is 0 Å². The van der Waals surface area contributed by atoms with Gasteiger partial charge in [0.25, 0.3) is 0 Å². The van der Waals surface area contributed by atoms with Crippen LogP contribution in [0.25, 0.3) is 0 Å². The van der Waals surface area contributed by atoms with Crippen molar-refractivity contribution in [1.82, 2.24) is 4.90 Å². The molecule has 0 spiro atoms. The summed E-state index contributed by atoms with van der Waals surface area (Å²) in [6.07, 6.45) is 1.25. The van der Waals surface area contributed by atoms with E-state index in [1.165, 1.54) is 0 Å². The van der Waals surface area contributed by atoms with Crippen molar-refractivity contribution in [2.24, 2.45) is 5.73 Å². The Labute approximate surface area is 89.2 Å². The highest BCUT2D eigenvalue weighted by molar-refractivity contribution is 5.87. The maximum absolute atomic E-state index is 12.0. The van der Waals surface area contributed by atoms with Gasteiger partial charge in [0.1, 0.15) is 5.54 Å². The first-order valence-corrected chi connectivity index (χ1v) is 5.37. The summed E-state index contributed by atoms with van der Waals surface area (Å²) in [4.78, 5) is 13.6. The second-order valence-corrected chi connectivity index (χ2v) is 4.70. The maximum Gasteiger partial charge on any atom is 0.245 e. The van der Waals surface area contributed by atoms with Crippen molar-refractivity contribution in [2.45, 2.75) is 30.9 Å². The molecule has 0 aromatic rings. The first kappa shape index (κ1) is 10.9. The molecule has 2 fully saturated rings. The molecule has 0 saturated carbocycles. The summed E-state index contributed by atoms with van der Waals surface area (Å²) in [5.74, 6) is -0.0851. The quantitative estimate of drug-likeness (QED) is 0.624. The van der Waals surface area contributed by atoms with Gasteiger partial charge < -0.3 is 20.5 Å². The third kappa shape index (κ3) is 1.75. The molecule has 0 bridgehead atoms. The molecule has 2 rings (SSSR count). The van der Waals surface area contributed by atoms with Gasteiger partial charge in [0.2, 0.25) is 5.91 Å². The summed E-state index contributed by atoms with van der Waals surface area (Å²) in [6.45, 7) is 3.57. The fourth-order valence-electron chi connectivity index (χ4n) is 2.10. The smallest absolute Gasteiger partial charge is 0.245 e. The Morgan fingerprint density at radius 1 is 1.60 bits per heavy atom. The summed E-state index contributed by atoms with van der Waals surface area (Å²) in [7, 11) is 0. The van der Waals surface area contributed by atoms with E-state index in [1.807, 2.05) is 6.92 Å². The zero-order chi connectivity index (χ0) is 11.1. The highest BCUT2D eigenvalue weighted by Gasteiger charge is 2.49. The van der Waals surface area contributed by atoms with Gasteiger partial charge in [0.15, 0.2) is 0 Å². The molecule has 2 aliphatic heterocycles. The van der Waals surface area contributed by atoms with Crippen LogP contribution in [0.15, 0.2) is 0 Å². The van der Waals surface area contributed by atoms with Crippen LogP contribution < -0.4 is 5.73 Å². The van der Waals surface area contributed by atoms with E-state index < -0.39 is 11.1 Å². The second kappa shape index (κ2) is 3.43. The average Bonchev–Trinajstić information content (AvgIpc) is 2.60. The van der Waals surface area contributed by atoms with E-state index in [2.05, 4.69) is 0 Å². The number of amides is 1. The molecular weight excluding hydrogens is 196 g/mol. The van der Waals surface area contributed by atoms with Crippen LogP contribution in [-0.4, -0.2) is 53.4 Å². The van der Waals surface area contributed by atoms with Crippen molar-refractivity contribution in [3.05, 3.63) is 0 Å². The Bertz CT molecular complexity index is 268. The largest absolute Gasteiger partial charge is 0.386 e.